The van der Waals surface area contributed by atoms with Gasteiger partial charge in [0.25, 0.3) is 0 Å². The Kier molecular flexibility index (Phi) is 5.03. The zero-order valence-electron chi connectivity index (χ0n) is 15.8. The average molecular weight is 391 g/mol. The predicted octanol–water partition coefficient (Wildman–Crippen LogP) is 3.04. The second-order valence-electron chi connectivity index (χ2n) is 7.88. The lowest BCUT2D eigenvalue weighted by Gasteiger charge is -2.18. The third kappa shape index (κ3) is 3.52. The van der Waals surface area contributed by atoms with Gasteiger partial charge in [-0.25, -0.2) is 12.7 Å². The molecule has 1 aliphatic carbocycles. The molecular formula is C19H26N4O3S. The number of rotatable bonds is 5. The van der Waals surface area contributed by atoms with Gasteiger partial charge in [0.1, 0.15) is 0 Å². The molecule has 0 bridgehead atoms. The van der Waals surface area contributed by atoms with E-state index in [-0.39, 0.29) is 11.8 Å². The van der Waals surface area contributed by atoms with Crippen LogP contribution in [0, 0.1) is 0 Å². The van der Waals surface area contributed by atoms with E-state index in [1.807, 2.05) is 12.1 Å². The van der Waals surface area contributed by atoms with Crippen molar-refractivity contribution in [2.24, 2.45) is 0 Å². The molecule has 4 rings (SSSR count). The summed E-state index contributed by atoms with van der Waals surface area (Å²) in [5.74, 6) is 1.51. The van der Waals surface area contributed by atoms with Crippen LogP contribution in [-0.4, -0.2) is 46.2 Å². The summed E-state index contributed by atoms with van der Waals surface area (Å²) in [5, 5.41) is 3.77. The van der Waals surface area contributed by atoms with E-state index in [9.17, 15) is 8.42 Å². The molecule has 7 nitrogen and oxygen atoms in total. The molecule has 0 N–H and O–H groups in total. The quantitative estimate of drug-likeness (QED) is 0.779. The molecule has 0 unspecified atom stereocenters. The van der Waals surface area contributed by atoms with Gasteiger partial charge in [-0.15, -0.1) is 0 Å². The molecule has 2 atom stereocenters. The van der Waals surface area contributed by atoms with Crippen molar-refractivity contribution in [2.75, 3.05) is 13.1 Å². The van der Waals surface area contributed by atoms with Gasteiger partial charge in [0.15, 0.2) is 5.82 Å². The molecule has 3 heterocycles. The van der Waals surface area contributed by atoms with Crippen LogP contribution >= 0.6 is 0 Å². The predicted molar refractivity (Wildman–Crippen MR) is 101 cm³/mol. The van der Waals surface area contributed by atoms with Crippen LogP contribution in [0.5, 0.6) is 0 Å². The van der Waals surface area contributed by atoms with Crippen LogP contribution in [0.15, 0.2) is 29.0 Å². The monoisotopic (exact) mass is 390 g/mol. The minimum absolute atomic E-state index is 0.0379. The van der Waals surface area contributed by atoms with Crippen molar-refractivity contribution in [3.8, 4) is 0 Å². The van der Waals surface area contributed by atoms with E-state index in [0.717, 1.165) is 24.2 Å². The number of hydrogen-bond donors (Lipinski definition) is 0. The molecule has 0 spiro atoms. The highest BCUT2D eigenvalue weighted by Gasteiger charge is 2.44. The standard InChI is InChI=1S/C19H26N4O3S/c1-13(2)27(24,25)23-11-16(15-8-5-9-20-10-15)17(12-23)19-21-18(22-26-19)14-6-3-4-7-14/h5,8-10,13-14,16-17H,3-4,6-7,11-12H2,1-2H3/t16-,17+/m0/s1. The van der Waals surface area contributed by atoms with E-state index < -0.39 is 15.3 Å². The molecule has 8 heteroatoms. The van der Waals surface area contributed by atoms with Gasteiger partial charge in [0.05, 0.1) is 11.2 Å². The Morgan fingerprint density at radius 1 is 1.19 bits per heavy atom. The average Bonchev–Trinajstić information content (AvgIpc) is 3.40. The Morgan fingerprint density at radius 2 is 1.93 bits per heavy atom. The summed E-state index contributed by atoms with van der Waals surface area (Å²) in [6.45, 7) is 4.21. The van der Waals surface area contributed by atoms with Crippen LogP contribution in [-0.2, 0) is 10.0 Å². The summed E-state index contributed by atoms with van der Waals surface area (Å²) in [6, 6.07) is 3.87. The highest BCUT2D eigenvalue weighted by Crippen LogP contribution is 2.41. The van der Waals surface area contributed by atoms with Crippen LogP contribution in [0.2, 0.25) is 0 Å². The third-order valence-electron chi connectivity index (χ3n) is 5.85. The Bertz CT molecular complexity index is 875. The molecule has 2 aromatic rings. The van der Waals surface area contributed by atoms with Gasteiger partial charge in [-0.1, -0.05) is 24.1 Å². The van der Waals surface area contributed by atoms with Crippen molar-refractivity contribution in [3.05, 3.63) is 41.8 Å². The fourth-order valence-electron chi connectivity index (χ4n) is 4.20. The molecule has 2 aromatic heterocycles. The summed E-state index contributed by atoms with van der Waals surface area (Å²) < 4.78 is 32.7. The molecule has 1 aliphatic heterocycles. The Morgan fingerprint density at radius 3 is 2.59 bits per heavy atom. The second-order valence-corrected chi connectivity index (χ2v) is 10.4. The van der Waals surface area contributed by atoms with Gasteiger partial charge >= 0.3 is 0 Å². The van der Waals surface area contributed by atoms with Crippen LogP contribution in [0.3, 0.4) is 0 Å². The molecule has 0 amide bonds. The Labute approximate surface area is 160 Å². The van der Waals surface area contributed by atoms with Gasteiger partial charge in [-0.3, -0.25) is 4.98 Å². The summed E-state index contributed by atoms with van der Waals surface area (Å²) >= 11 is 0. The summed E-state index contributed by atoms with van der Waals surface area (Å²) in [5.41, 5.74) is 1.00. The maximum Gasteiger partial charge on any atom is 0.231 e. The number of pyridine rings is 1. The maximum atomic E-state index is 12.7. The van der Waals surface area contributed by atoms with E-state index in [0.29, 0.717) is 24.9 Å². The second kappa shape index (κ2) is 7.31. The van der Waals surface area contributed by atoms with Crippen molar-refractivity contribution in [1.29, 1.82) is 0 Å². The van der Waals surface area contributed by atoms with Gasteiger partial charge in [-0.05, 0) is 38.3 Å². The lowest BCUT2D eigenvalue weighted by atomic mass is 9.90. The largest absolute Gasteiger partial charge is 0.339 e. The fraction of sp³-hybridized carbons (Fsp3) is 0.632. The van der Waals surface area contributed by atoms with E-state index >= 15 is 0 Å². The summed E-state index contributed by atoms with van der Waals surface area (Å²) in [4.78, 5) is 8.91. The normalized spacial score (nSPS) is 24.9. The molecular weight excluding hydrogens is 364 g/mol. The molecule has 2 fully saturated rings. The van der Waals surface area contributed by atoms with E-state index in [1.165, 1.54) is 12.8 Å². The highest BCUT2D eigenvalue weighted by atomic mass is 32.2. The van der Waals surface area contributed by atoms with Crippen molar-refractivity contribution in [3.63, 3.8) is 0 Å². The smallest absolute Gasteiger partial charge is 0.231 e. The third-order valence-corrected chi connectivity index (χ3v) is 8.06. The van der Waals surface area contributed by atoms with Crippen molar-refractivity contribution in [1.82, 2.24) is 19.4 Å². The van der Waals surface area contributed by atoms with Crippen molar-refractivity contribution >= 4 is 10.0 Å². The fourth-order valence-corrected chi connectivity index (χ4v) is 5.54. The van der Waals surface area contributed by atoms with Crippen molar-refractivity contribution < 1.29 is 12.9 Å². The van der Waals surface area contributed by atoms with Gasteiger partial charge in [0.2, 0.25) is 15.9 Å². The van der Waals surface area contributed by atoms with Crippen LogP contribution in [0.1, 0.15) is 74.6 Å². The van der Waals surface area contributed by atoms with Crippen LogP contribution < -0.4 is 0 Å². The Hall–Kier alpha value is -1.80. The van der Waals surface area contributed by atoms with Crippen LogP contribution in [0.4, 0.5) is 0 Å². The SMILES string of the molecule is CC(C)S(=O)(=O)N1C[C@@H](c2cccnc2)[C@H](c2nc(C3CCCC3)no2)C1. The summed E-state index contributed by atoms with van der Waals surface area (Å²) in [6.07, 6.45) is 8.14. The summed E-state index contributed by atoms with van der Waals surface area (Å²) in [7, 11) is -3.34. The van der Waals surface area contributed by atoms with E-state index in [4.69, 9.17) is 9.51 Å². The Balaban J connectivity index is 1.65. The van der Waals surface area contributed by atoms with E-state index in [1.54, 1.807) is 30.5 Å². The van der Waals surface area contributed by atoms with Gasteiger partial charge in [0, 0.05) is 37.3 Å². The minimum Gasteiger partial charge on any atom is -0.339 e. The zero-order chi connectivity index (χ0) is 19.0. The number of hydrogen-bond acceptors (Lipinski definition) is 6. The molecule has 0 aromatic carbocycles. The van der Waals surface area contributed by atoms with E-state index in [2.05, 4.69) is 10.1 Å². The maximum absolute atomic E-state index is 12.7. The molecule has 2 aliphatic rings. The minimum atomic E-state index is -3.34. The molecule has 27 heavy (non-hydrogen) atoms. The first-order chi connectivity index (χ1) is 13.0. The molecule has 0 radical (unpaired) electrons. The first kappa shape index (κ1) is 18.6. The molecule has 1 saturated heterocycles. The molecule has 146 valence electrons. The lowest BCUT2D eigenvalue weighted by molar-refractivity contribution is 0.342. The topological polar surface area (TPSA) is 89.2 Å². The number of sulfonamides is 1. The van der Waals surface area contributed by atoms with Gasteiger partial charge < -0.3 is 4.52 Å². The van der Waals surface area contributed by atoms with Gasteiger partial charge in [-0.2, -0.15) is 4.98 Å². The first-order valence-electron chi connectivity index (χ1n) is 9.69. The number of aromatic nitrogens is 3. The zero-order valence-corrected chi connectivity index (χ0v) is 16.6. The lowest BCUT2D eigenvalue weighted by Crippen LogP contribution is -2.34. The van der Waals surface area contributed by atoms with Crippen molar-refractivity contribution in [2.45, 2.75) is 62.5 Å². The number of nitrogens with zero attached hydrogens (tertiary/aromatic N) is 4. The highest BCUT2D eigenvalue weighted by molar-refractivity contribution is 7.89. The van der Waals surface area contributed by atoms with Crippen LogP contribution in [0.25, 0.3) is 0 Å². The molecule has 1 saturated carbocycles. The first-order valence-corrected chi connectivity index (χ1v) is 11.2.